The molecule has 2 aromatic heterocycles. The number of para-hydroxylation sites is 2. The summed E-state index contributed by atoms with van der Waals surface area (Å²) in [5.74, 6) is 0.713. The molecule has 9 nitrogen and oxygen atoms in total. The fourth-order valence-corrected chi connectivity index (χ4v) is 4.61. The molecular weight excluding hydrogens is 418 g/mol. The van der Waals surface area contributed by atoms with Gasteiger partial charge in [0.25, 0.3) is 11.5 Å². The molecule has 164 valence electrons. The lowest BCUT2D eigenvalue weighted by Crippen LogP contribution is -2.48. The number of nitrogens with one attached hydrogen (secondary N) is 1. The molecule has 0 aliphatic carbocycles. The molecule has 0 radical (unpaired) electrons. The molecule has 1 N–H and O–H groups in total. The normalized spacial score (nSPS) is 14.5. The standard InChI is InChI=1S/C21H25N5O4S/c1-13(2)12-26-19(27)17-16(22-21(26)29)18(31-23-17)20(28)25-10-8-24(9-11-25)14-6-4-5-7-15(14)30-3/h4-7,13H,8-12H2,1-3H3,(H,22,29). The van der Waals surface area contributed by atoms with Gasteiger partial charge in [0.05, 0.1) is 18.3 Å². The molecule has 1 amide bonds. The van der Waals surface area contributed by atoms with Crippen molar-refractivity contribution in [2.75, 3.05) is 38.2 Å². The first-order valence-electron chi connectivity index (χ1n) is 10.2. The number of anilines is 1. The van der Waals surface area contributed by atoms with Gasteiger partial charge in [-0.05, 0) is 29.6 Å². The average Bonchev–Trinajstić information content (AvgIpc) is 3.20. The van der Waals surface area contributed by atoms with E-state index in [1.165, 1.54) is 0 Å². The lowest BCUT2D eigenvalue weighted by Gasteiger charge is -2.36. The summed E-state index contributed by atoms with van der Waals surface area (Å²) in [5, 5.41) is 0. The first-order valence-corrected chi connectivity index (χ1v) is 11.0. The van der Waals surface area contributed by atoms with Crippen LogP contribution < -0.4 is 20.9 Å². The Labute approximate surface area is 183 Å². The van der Waals surface area contributed by atoms with E-state index in [2.05, 4.69) is 14.3 Å². The molecule has 1 aromatic carbocycles. The maximum Gasteiger partial charge on any atom is 0.328 e. The van der Waals surface area contributed by atoms with E-state index in [1.54, 1.807) is 12.0 Å². The highest BCUT2D eigenvalue weighted by Crippen LogP contribution is 2.29. The number of aromatic amines is 1. The Morgan fingerprint density at radius 3 is 2.58 bits per heavy atom. The number of carbonyl (C=O) groups excluding carboxylic acids is 1. The number of methoxy groups -OCH3 is 1. The van der Waals surface area contributed by atoms with Crippen molar-refractivity contribution in [1.29, 1.82) is 0 Å². The molecule has 0 atom stereocenters. The van der Waals surface area contributed by atoms with Crippen molar-refractivity contribution < 1.29 is 9.53 Å². The Hall–Kier alpha value is -3.14. The number of H-pyrrole nitrogens is 1. The molecule has 1 saturated heterocycles. The molecule has 31 heavy (non-hydrogen) atoms. The molecule has 1 aliphatic heterocycles. The summed E-state index contributed by atoms with van der Waals surface area (Å²) in [5.41, 5.74) is 0.402. The highest BCUT2D eigenvalue weighted by molar-refractivity contribution is 7.09. The van der Waals surface area contributed by atoms with Crippen LogP contribution in [0, 0.1) is 5.92 Å². The quantitative estimate of drug-likeness (QED) is 0.645. The number of ether oxygens (including phenoxy) is 1. The van der Waals surface area contributed by atoms with Crippen LogP contribution in [0.5, 0.6) is 5.75 Å². The summed E-state index contributed by atoms with van der Waals surface area (Å²) in [6.07, 6.45) is 0. The molecule has 0 saturated carbocycles. The smallest absolute Gasteiger partial charge is 0.328 e. The summed E-state index contributed by atoms with van der Waals surface area (Å²) in [7, 11) is 1.64. The summed E-state index contributed by atoms with van der Waals surface area (Å²) < 4.78 is 10.8. The number of aromatic nitrogens is 3. The largest absolute Gasteiger partial charge is 0.495 e. The Balaban J connectivity index is 1.56. The highest BCUT2D eigenvalue weighted by Gasteiger charge is 2.27. The molecule has 3 aromatic rings. The summed E-state index contributed by atoms with van der Waals surface area (Å²) >= 11 is 0.960. The number of hydrogen-bond acceptors (Lipinski definition) is 7. The van der Waals surface area contributed by atoms with Crippen molar-refractivity contribution in [3.05, 3.63) is 50.0 Å². The van der Waals surface area contributed by atoms with Crippen molar-refractivity contribution in [1.82, 2.24) is 18.8 Å². The van der Waals surface area contributed by atoms with Crippen LogP contribution in [0.1, 0.15) is 23.5 Å². The minimum absolute atomic E-state index is 0.135. The van der Waals surface area contributed by atoms with Crippen molar-refractivity contribution >= 4 is 34.2 Å². The lowest BCUT2D eigenvalue weighted by atomic mass is 10.2. The molecule has 1 fully saturated rings. The Bertz CT molecular complexity index is 1220. The number of piperazine rings is 1. The second-order valence-electron chi connectivity index (χ2n) is 7.93. The minimum atomic E-state index is -0.513. The molecule has 3 heterocycles. The second kappa shape index (κ2) is 8.54. The van der Waals surface area contributed by atoms with Gasteiger partial charge in [-0.2, -0.15) is 4.37 Å². The zero-order valence-corrected chi connectivity index (χ0v) is 18.6. The van der Waals surface area contributed by atoms with Crippen molar-refractivity contribution in [2.24, 2.45) is 5.92 Å². The monoisotopic (exact) mass is 443 g/mol. The van der Waals surface area contributed by atoms with Gasteiger partial charge in [0, 0.05) is 32.7 Å². The number of benzene rings is 1. The number of fused-ring (bicyclic) bond motifs is 1. The molecule has 0 bridgehead atoms. The number of amides is 1. The SMILES string of the molecule is COc1ccccc1N1CCN(C(=O)c2snc3c(=O)n(CC(C)C)c(=O)[nH]c23)CC1. The molecule has 0 spiro atoms. The van der Waals surface area contributed by atoms with Gasteiger partial charge in [-0.3, -0.25) is 14.2 Å². The second-order valence-corrected chi connectivity index (χ2v) is 8.70. The van der Waals surface area contributed by atoms with Gasteiger partial charge in [-0.1, -0.05) is 26.0 Å². The van der Waals surface area contributed by atoms with Crippen LogP contribution in [-0.4, -0.2) is 58.0 Å². The Morgan fingerprint density at radius 1 is 1.19 bits per heavy atom. The number of hydrogen-bond donors (Lipinski definition) is 1. The van der Waals surface area contributed by atoms with Crippen LogP contribution in [0.4, 0.5) is 5.69 Å². The maximum atomic E-state index is 13.1. The van der Waals surface area contributed by atoms with Crippen LogP contribution in [0.3, 0.4) is 0 Å². The Kier molecular flexibility index (Phi) is 5.81. The third kappa shape index (κ3) is 3.95. The van der Waals surface area contributed by atoms with Crippen LogP contribution in [0.25, 0.3) is 11.0 Å². The van der Waals surface area contributed by atoms with Crippen LogP contribution in [0.2, 0.25) is 0 Å². The minimum Gasteiger partial charge on any atom is -0.495 e. The van der Waals surface area contributed by atoms with E-state index >= 15 is 0 Å². The number of carbonyl (C=O) groups is 1. The van der Waals surface area contributed by atoms with E-state index in [4.69, 9.17) is 4.74 Å². The first-order chi connectivity index (χ1) is 14.9. The van der Waals surface area contributed by atoms with Crippen molar-refractivity contribution in [3.63, 3.8) is 0 Å². The van der Waals surface area contributed by atoms with Crippen LogP contribution in [-0.2, 0) is 6.54 Å². The molecular formula is C21H25N5O4S. The number of nitrogens with zero attached hydrogens (tertiary/aromatic N) is 4. The lowest BCUT2D eigenvalue weighted by molar-refractivity contribution is 0.0753. The summed E-state index contributed by atoms with van der Waals surface area (Å²) in [6, 6.07) is 7.80. The topological polar surface area (TPSA) is 101 Å². The molecule has 1 aliphatic rings. The van der Waals surface area contributed by atoms with Gasteiger partial charge in [0.15, 0.2) is 5.52 Å². The molecule has 10 heteroatoms. The third-order valence-corrected chi connectivity index (χ3v) is 6.19. The zero-order valence-electron chi connectivity index (χ0n) is 17.8. The summed E-state index contributed by atoms with van der Waals surface area (Å²) in [4.78, 5) is 45.2. The van der Waals surface area contributed by atoms with Crippen LogP contribution >= 0.6 is 11.5 Å². The Morgan fingerprint density at radius 2 is 1.90 bits per heavy atom. The van der Waals surface area contributed by atoms with Gasteiger partial charge in [-0.25, -0.2) is 4.79 Å². The van der Waals surface area contributed by atoms with Gasteiger partial charge in [0.1, 0.15) is 10.6 Å². The van der Waals surface area contributed by atoms with E-state index in [9.17, 15) is 14.4 Å². The van der Waals surface area contributed by atoms with Gasteiger partial charge < -0.3 is 19.5 Å². The van der Waals surface area contributed by atoms with Gasteiger partial charge in [0.2, 0.25) is 0 Å². The van der Waals surface area contributed by atoms with E-state index in [0.717, 1.165) is 27.5 Å². The van der Waals surface area contributed by atoms with Gasteiger partial charge in [-0.15, -0.1) is 0 Å². The van der Waals surface area contributed by atoms with E-state index < -0.39 is 11.2 Å². The maximum absolute atomic E-state index is 13.1. The van der Waals surface area contributed by atoms with Gasteiger partial charge >= 0.3 is 5.69 Å². The predicted molar refractivity (Wildman–Crippen MR) is 120 cm³/mol. The van der Waals surface area contributed by atoms with Crippen molar-refractivity contribution in [3.8, 4) is 5.75 Å². The number of rotatable bonds is 5. The zero-order chi connectivity index (χ0) is 22.1. The third-order valence-electron chi connectivity index (χ3n) is 5.35. The highest BCUT2D eigenvalue weighted by atomic mass is 32.1. The molecule has 0 unspecified atom stereocenters. The average molecular weight is 444 g/mol. The predicted octanol–water partition coefficient (Wildman–Crippen LogP) is 1.77. The van der Waals surface area contributed by atoms with Crippen LogP contribution in [0.15, 0.2) is 33.9 Å². The summed E-state index contributed by atoms with van der Waals surface area (Å²) in [6.45, 7) is 6.50. The van der Waals surface area contributed by atoms with E-state index in [-0.39, 0.29) is 22.9 Å². The molecule has 4 rings (SSSR count). The van der Waals surface area contributed by atoms with Crippen molar-refractivity contribution in [2.45, 2.75) is 20.4 Å². The first kappa shape index (κ1) is 21.1. The van der Waals surface area contributed by atoms with E-state index in [0.29, 0.717) is 37.6 Å². The fourth-order valence-electron chi connectivity index (χ4n) is 3.81. The van der Waals surface area contributed by atoms with E-state index in [1.807, 2.05) is 38.1 Å². The fraction of sp³-hybridized carbons (Fsp3) is 0.429.